The summed E-state index contributed by atoms with van der Waals surface area (Å²) in [6.45, 7) is 5.64. The van der Waals surface area contributed by atoms with Gasteiger partial charge in [0.2, 0.25) is 5.91 Å². The van der Waals surface area contributed by atoms with Crippen molar-refractivity contribution in [2.24, 2.45) is 5.92 Å². The number of benzene rings is 1. The lowest BCUT2D eigenvalue weighted by molar-refractivity contribution is -0.135. The zero-order chi connectivity index (χ0) is 18.4. The van der Waals surface area contributed by atoms with Crippen LogP contribution >= 0.6 is 0 Å². The van der Waals surface area contributed by atoms with Crippen molar-refractivity contribution in [3.05, 3.63) is 42.2 Å². The molecule has 1 aromatic heterocycles. The minimum atomic E-state index is 0.0641. The Morgan fingerprint density at radius 1 is 1.27 bits per heavy atom. The first-order valence-electron chi connectivity index (χ1n) is 9.11. The zero-order valence-corrected chi connectivity index (χ0v) is 15.6. The van der Waals surface area contributed by atoms with E-state index in [-0.39, 0.29) is 12.5 Å². The smallest absolute Gasteiger partial charge is 0.248 e. The van der Waals surface area contributed by atoms with E-state index in [1.807, 2.05) is 29.3 Å². The first-order valence-corrected chi connectivity index (χ1v) is 9.11. The van der Waals surface area contributed by atoms with Gasteiger partial charge in [-0.15, -0.1) is 0 Å². The summed E-state index contributed by atoms with van der Waals surface area (Å²) in [6, 6.07) is 10.2. The standard InChI is InChI=1S/C20H27N3O3/c1-16-12-21-20(18-6-4-3-5-7-18)23(16)14-17-8-9-22(13-17)19(24)15-26-11-10-25-2/h3-7,12,17H,8-11,13-15H2,1-2H3. The lowest BCUT2D eigenvalue weighted by atomic mass is 10.1. The molecule has 6 nitrogen and oxygen atoms in total. The van der Waals surface area contributed by atoms with Gasteiger partial charge in [0.15, 0.2) is 0 Å². The van der Waals surface area contributed by atoms with Crippen molar-refractivity contribution < 1.29 is 14.3 Å². The van der Waals surface area contributed by atoms with Gasteiger partial charge < -0.3 is 18.9 Å². The first kappa shape index (κ1) is 18.6. The monoisotopic (exact) mass is 357 g/mol. The van der Waals surface area contributed by atoms with Gasteiger partial charge in [-0.25, -0.2) is 4.98 Å². The Hall–Kier alpha value is -2.18. The Labute approximate surface area is 154 Å². The number of aryl methyl sites for hydroxylation is 1. The topological polar surface area (TPSA) is 56.6 Å². The molecule has 2 heterocycles. The summed E-state index contributed by atoms with van der Waals surface area (Å²) < 4.78 is 12.5. The summed E-state index contributed by atoms with van der Waals surface area (Å²) in [5.74, 6) is 1.50. The van der Waals surface area contributed by atoms with Crippen LogP contribution in [0.4, 0.5) is 0 Å². The SMILES string of the molecule is COCCOCC(=O)N1CCC(Cn2c(C)cnc2-c2ccccc2)C1. The quantitative estimate of drug-likeness (QED) is 0.681. The maximum Gasteiger partial charge on any atom is 0.248 e. The molecule has 1 aromatic carbocycles. The van der Waals surface area contributed by atoms with E-state index in [9.17, 15) is 4.79 Å². The van der Waals surface area contributed by atoms with E-state index < -0.39 is 0 Å². The predicted octanol–water partition coefficient (Wildman–Crippen LogP) is 2.37. The van der Waals surface area contributed by atoms with Gasteiger partial charge in [-0.05, 0) is 19.3 Å². The number of ether oxygens (including phenoxy) is 2. The number of nitrogens with zero attached hydrogens (tertiary/aromatic N) is 3. The number of hydrogen-bond acceptors (Lipinski definition) is 4. The molecule has 0 bridgehead atoms. The highest BCUT2D eigenvalue weighted by atomic mass is 16.5. The highest BCUT2D eigenvalue weighted by Crippen LogP contribution is 2.24. The normalized spacial score (nSPS) is 17.0. The van der Waals surface area contributed by atoms with Gasteiger partial charge in [0, 0.05) is 44.2 Å². The Morgan fingerprint density at radius 3 is 2.85 bits per heavy atom. The molecule has 2 aromatic rings. The molecule has 1 aliphatic heterocycles. The fourth-order valence-corrected chi connectivity index (χ4v) is 3.37. The third-order valence-electron chi connectivity index (χ3n) is 4.82. The van der Waals surface area contributed by atoms with Crippen molar-refractivity contribution >= 4 is 5.91 Å². The average molecular weight is 357 g/mol. The van der Waals surface area contributed by atoms with E-state index >= 15 is 0 Å². The van der Waals surface area contributed by atoms with E-state index in [0.717, 1.165) is 43.1 Å². The Morgan fingerprint density at radius 2 is 2.08 bits per heavy atom. The number of carbonyl (C=O) groups is 1. The third kappa shape index (κ3) is 4.51. The number of aromatic nitrogens is 2. The van der Waals surface area contributed by atoms with Crippen molar-refractivity contribution in [2.75, 3.05) is 40.0 Å². The Bertz CT molecular complexity index is 714. The summed E-state index contributed by atoms with van der Waals surface area (Å²) >= 11 is 0. The molecule has 0 spiro atoms. The maximum absolute atomic E-state index is 12.3. The largest absolute Gasteiger partial charge is 0.382 e. The number of carbonyl (C=O) groups excluding carboxylic acids is 1. The van der Waals surface area contributed by atoms with Crippen LogP contribution in [0.15, 0.2) is 36.5 Å². The highest BCUT2D eigenvalue weighted by molar-refractivity contribution is 5.77. The van der Waals surface area contributed by atoms with Crippen molar-refractivity contribution in [1.82, 2.24) is 14.5 Å². The van der Waals surface area contributed by atoms with Crippen LogP contribution in [-0.2, 0) is 20.8 Å². The number of rotatable bonds is 8. The zero-order valence-electron chi connectivity index (χ0n) is 15.6. The lowest BCUT2D eigenvalue weighted by Gasteiger charge is -2.18. The summed E-state index contributed by atoms with van der Waals surface area (Å²) in [4.78, 5) is 18.8. The molecule has 1 fully saturated rings. The molecule has 1 aliphatic rings. The molecule has 26 heavy (non-hydrogen) atoms. The van der Waals surface area contributed by atoms with Gasteiger partial charge in [-0.1, -0.05) is 30.3 Å². The van der Waals surface area contributed by atoms with Crippen LogP contribution in [0, 0.1) is 12.8 Å². The minimum Gasteiger partial charge on any atom is -0.382 e. The summed E-state index contributed by atoms with van der Waals surface area (Å²) in [5, 5.41) is 0. The molecule has 3 rings (SSSR count). The molecule has 6 heteroatoms. The van der Waals surface area contributed by atoms with Gasteiger partial charge >= 0.3 is 0 Å². The van der Waals surface area contributed by atoms with Gasteiger partial charge in [-0.3, -0.25) is 4.79 Å². The molecule has 0 saturated carbocycles. The second-order valence-electron chi connectivity index (χ2n) is 6.74. The molecule has 1 atom stereocenters. The molecule has 0 radical (unpaired) electrons. The van der Waals surface area contributed by atoms with Crippen LogP contribution in [-0.4, -0.2) is 60.4 Å². The van der Waals surface area contributed by atoms with E-state index in [1.165, 1.54) is 0 Å². The van der Waals surface area contributed by atoms with Crippen molar-refractivity contribution in [3.63, 3.8) is 0 Å². The fourth-order valence-electron chi connectivity index (χ4n) is 3.37. The predicted molar refractivity (Wildman–Crippen MR) is 99.8 cm³/mol. The average Bonchev–Trinajstić information content (AvgIpc) is 3.27. The lowest BCUT2D eigenvalue weighted by Crippen LogP contribution is -2.32. The number of amides is 1. The van der Waals surface area contributed by atoms with Crippen molar-refractivity contribution in [2.45, 2.75) is 19.9 Å². The van der Waals surface area contributed by atoms with Gasteiger partial charge in [0.05, 0.1) is 13.2 Å². The van der Waals surface area contributed by atoms with Crippen LogP contribution in [0.3, 0.4) is 0 Å². The number of imidazole rings is 1. The molecule has 140 valence electrons. The summed E-state index contributed by atoms with van der Waals surface area (Å²) in [7, 11) is 1.62. The van der Waals surface area contributed by atoms with E-state index in [2.05, 4.69) is 28.6 Å². The highest BCUT2D eigenvalue weighted by Gasteiger charge is 2.27. The number of likely N-dealkylation sites (tertiary alicyclic amines) is 1. The Kier molecular flexibility index (Phi) is 6.41. The summed E-state index contributed by atoms with van der Waals surface area (Å²) in [5.41, 5.74) is 2.27. The van der Waals surface area contributed by atoms with Crippen molar-refractivity contribution in [3.8, 4) is 11.4 Å². The van der Waals surface area contributed by atoms with Crippen LogP contribution < -0.4 is 0 Å². The van der Waals surface area contributed by atoms with Crippen molar-refractivity contribution in [1.29, 1.82) is 0 Å². The van der Waals surface area contributed by atoms with Crippen LogP contribution in [0.2, 0.25) is 0 Å². The number of methoxy groups -OCH3 is 1. The van der Waals surface area contributed by atoms with Crippen LogP contribution in [0.1, 0.15) is 12.1 Å². The van der Waals surface area contributed by atoms with Gasteiger partial charge in [0.25, 0.3) is 0 Å². The van der Waals surface area contributed by atoms with Crippen LogP contribution in [0.25, 0.3) is 11.4 Å². The molecule has 0 aliphatic carbocycles. The molecule has 1 saturated heterocycles. The van der Waals surface area contributed by atoms with E-state index in [1.54, 1.807) is 7.11 Å². The van der Waals surface area contributed by atoms with Gasteiger partial charge in [0.1, 0.15) is 12.4 Å². The van der Waals surface area contributed by atoms with Gasteiger partial charge in [-0.2, -0.15) is 0 Å². The first-order chi connectivity index (χ1) is 12.7. The maximum atomic E-state index is 12.3. The molecular formula is C20H27N3O3. The molecular weight excluding hydrogens is 330 g/mol. The third-order valence-corrected chi connectivity index (χ3v) is 4.82. The second kappa shape index (κ2) is 8.96. The summed E-state index contributed by atoms with van der Waals surface area (Å²) in [6.07, 6.45) is 2.93. The van der Waals surface area contributed by atoms with Crippen LogP contribution in [0.5, 0.6) is 0 Å². The second-order valence-corrected chi connectivity index (χ2v) is 6.74. The van der Waals surface area contributed by atoms with E-state index in [0.29, 0.717) is 19.1 Å². The molecule has 0 N–H and O–H groups in total. The minimum absolute atomic E-state index is 0.0641. The molecule has 1 amide bonds. The van der Waals surface area contributed by atoms with E-state index in [4.69, 9.17) is 9.47 Å². The number of hydrogen-bond donors (Lipinski definition) is 0. The Balaban J connectivity index is 1.58. The molecule has 1 unspecified atom stereocenters. The fraction of sp³-hybridized carbons (Fsp3) is 0.500.